The van der Waals surface area contributed by atoms with Gasteiger partial charge in [0.25, 0.3) is 0 Å². The lowest BCUT2D eigenvalue weighted by Gasteiger charge is -2.10. The minimum atomic E-state index is -0.367. The third kappa shape index (κ3) is 2.60. The number of nitrogen functional groups attached to an aromatic ring is 1. The summed E-state index contributed by atoms with van der Waals surface area (Å²) in [6, 6.07) is 14.5. The largest absolute Gasteiger partial charge is 0.465 e. The zero-order valence-electron chi connectivity index (χ0n) is 10.0. The third-order valence-electron chi connectivity index (χ3n) is 2.52. The topological polar surface area (TPSA) is 64.3 Å². The first-order valence-electron chi connectivity index (χ1n) is 5.50. The molecule has 0 aliphatic rings. The fraction of sp³-hybridized carbons (Fsp3) is 0.0714. The summed E-state index contributed by atoms with van der Waals surface area (Å²) in [6.45, 7) is 0. The normalized spacial score (nSPS) is 9.83. The van der Waals surface area contributed by atoms with Crippen molar-refractivity contribution in [2.45, 2.75) is 0 Å². The highest BCUT2D eigenvalue weighted by Crippen LogP contribution is 2.22. The maximum atomic E-state index is 11.6. The van der Waals surface area contributed by atoms with E-state index in [9.17, 15) is 4.79 Å². The van der Waals surface area contributed by atoms with Crippen LogP contribution < -0.4 is 11.1 Å². The maximum Gasteiger partial charge on any atom is 0.339 e. The van der Waals surface area contributed by atoms with Gasteiger partial charge in [-0.15, -0.1) is 0 Å². The molecule has 2 aromatic rings. The molecule has 2 aromatic carbocycles. The number of nitrogens with one attached hydrogen (secondary N) is 1. The van der Waals surface area contributed by atoms with Crippen LogP contribution in [0.25, 0.3) is 0 Å². The predicted molar refractivity (Wildman–Crippen MR) is 71.9 cm³/mol. The second kappa shape index (κ2) is 5.23. The molecule has 92 valence electrons. The molecule has 18 heavy (non-hydrogen) atoms. The SMILES string of the molecule is COC(=O)c1ccccc1Nc1ccc(N)cc1. The first-order valence-corrected chi connectivity index (χ1v) is 5.50. The molecule has 0 aliphatic heterocycles. The molecule has 0 spiro atoms. The number of esters is 1. The van der Waals surface area contributed by atoms with Gasteiger partial charge in [0.05, 0.1) is 18.4 Å². The van der Waals surface area contributed by atoms with Gasteiger partial charge in [-0.2, -0.15) is 0 Å². The van der Waals surface area contributed by atoms with Gasteiger partial charge in [0.1, 0.15) is 0 Å². The van der Waals surface area contributed by atoms with Crippen LogP contribution in [0.2, 0.25) is 0 Å². The number of para-hydroxylation sites is 1. The highest BCUT2D eigenvalue weighted by molar-refractivity contribution is 5.96. The number of benzene rings is 2. The van der Waals surface area contributed by atoms with E-state index >= 15 is 0 Å². The van der Waals surface area contributed by atoms with Gasteiger partial charge in [-0.1, -0.05) is 12.1 Å². The molecular formula is C14H14N2O2. The van der Waals surface area contributed by atoms with Gasteiger partial charge < -0.3 is 15.8 Å². The van der Waals surface area contributed by atoms with Crippen LogP contribution in [0.5, 0.6) is 0 Å². The summed E-state index contributed by atoms with van der Waals surface area (Å²) in [6.07, 6.45) is 0. The summed E-state index contributed by atoms with van der Waals surface area (Å²) in [5.74, 6) is -0.367. The van der Waals surface area contributed by atoms with Crippen LogP contribution in [0.1, 0.15) is 10.4 Å². The van der Waals surface area contributed by atoms with E-state index in [0.29, 0.717) is 16.9 Å². The molecule has 0 atom stereocenters. The number of methoxy groups -OCH3 is 1. The van der Waals surface area contributed by atoms with Crippen molar-refractivity contribution < 1.29 is 9.53 Å². The van der Waals surface area contributed by atoms with Crippen LogP contribution in [0.3, 0.4) is 0 Å². The van der Waals surface area contributed by atoms with E-state index in [4.69, 9.17) is 10.5 Å². The second-order valence-corrected chi connectivity index (χ2v) is 3.78. The summed E-state index contributed by atoms with van der Waals surface area (Å²) >= 11 is 0. The van der Waals surface area contributed by atoms with Crippen molar-refractivity contribution in [2.24, 2.45) is 0 Å². The van der Waals surface area contributed by atoms with E-state index in [-0.39, 0.29) is 5.97 Å². The van der Waals surface area contributed by atoms with Gasteiger partial charge in [0.15, 0.2) is 0 Å². The standard InChI is InChI=1S/C14H14N2O2/c1-18-14(17)12-4-2-3-5-13(12)16-11-8-6-10(15)7-9-11/h2-9,16H,15H2,1H3. The fourth-order valence-corrected chi connectivity index (χ4v) is 1.60. The van der Waals surface area contributed by atoms with E-state index in [2.05, 4.69) is 5.32 Å². The maximum absolute atomic E-state index is 11.6. The third-order valence-corrected chi connectivity index (χ3v) is 2.52. The van der Waals surface area contributed by atoms with Crippen LogP contribution in [0.4, 0.5) is 17.1 Å². The van der Waals surface area contributed by atoms with Gasteiger partial charge in [-0.05, 0) is 36.4 Å². The summed E-state index contributed by atoms with van der Waals surface area (Å²) < 4.78 is 4.73. The smallest absolute Gasteiger partial charge is 0.339 e. The van der Waals surface area contributed by atoms with Crippen molar-refractivity contribution in [1.82, 2.24) is 0 Å². The Morgan fingerprint density at radius 3 is 2.44 bits per heavy atom. The molecule has 3 N–H and O–H groups in total. The molecule has 0 aliphatic carbocycles. The molecule has 0 amide bonds. The minimum absolute atomic E-state index is 0.367. The van der Waals surface area contributed by atoms with Crippen LogP contribution in [-0.2, 0) is 4.74 Å². The second-order valence-electron chi connectivity index (χ2n) is 3.78. The van der Waals surface area contributed by atoms with Crippen LogP contribution in [0.15, 0.2) is 48.5 Å². The average Bonchev–Trinajstić information content (AvgIpc) is 2.41. The van der Waals surface area contributed by atoms with Crippen molar-refractivity contribution in [3.05, 3.63) is 54.1 Å². The summed E-state index contributed by atoms with van der Waals surface area (Å²) in [5, 5.41) is 3.16. The summed E-state index contributed by atoms with van der Waals surface area (Å²) in [5.41, 5.74) is 8.38. The number of hydrogen-bond donors (Lipinski definition) is 2. The van der Waals surface area contributed by atoms with E-state index in [0.717, 1.165) is 5.69 Å². The van der Waals surface area contributed by atoms with E-state index in [1.807, 2.05) is 24.3 Å². The highest BCUT2D eigenvalue weighted by Gasteiger charge is 2.10. The van der Waals surface area contributed by atoms with Gasteiger partial charge in [0.2, 0.25) is 0 Å². The molecule has 0 aromatic heterocycles. The lowest BCUT2D eigenvalue weighted by atomic mass is 10.1. The van der Waals surface area contributed by atoms with Gasteiger partial charge in [-0.3, -0.25) is 0 Å². The zero-order chi connectivity index (χ0) is 13.0. The molecule has 4 nitrogen and oxygen atoms in total. The molecule has 0 fully saturated rings. The monoisotopic (exact) mass is 242 g/mol. The highest BCUT2D eigenvalue weighted by atomic mass is 16.5. The summed E-state index contributed by atoms with van der Waals surface area (Å²) in [7, 11) is 1.36. The molecular weight excluding hydrogens is 228 g/mol. The fourth-order valence-electron chi connectivity index (χ4n) is 1.60. The summed E-state index contributed by atoms with van der Waals surface area (Å²) in [4.78, 5) is 11.6. The van der Waals surface area contributed by atoms with Crippen molar-refractivity contribution >= 4 is 23.0 Å². The molecule has 0 heterocycles. The van der Waals surface area contributed by atoms with Gasteiger partial charge >= 0.3 is 5.97 Å². The number of hydrogen-bond acceptors (Lipinski definition) is 4. The average molecular weight is 242 g/mol. The Morgan fingerprint density at radius 1 is 1.11 bits per heavy atom. The Hall–Kier alpha value is -2.49. The van der Waals surface area contributed by atoms with E-state index in [1.165, 1.54) is 7.11 Å². The lowest BCUT2D eigenvalue weighted by Crippen LogP contribution is -2.05. The number of ether oxygens (including phenoxy) is 1. The molecule has 0 bridgehead atoms. The Balaban J connectivity index is 2.28. The van der Waals surface area contributed by atoms with E-state index < -0.39 is 0 Å². The molecule has 0 unspecified atom stereocenters. The zero-order valence-corrected chi connectivity index (χ0v) is 10.0. The number of carbonyl (C=O) groups is 1. The van der Waals surface area contributed by atoms with Gasteiger partial charge in [0, 0.05) is 11.4 Å². The van der Waals surface area contributed by atoms with Crippen molar-refractivity contribution in [3.63, 3.8) is 0 Å². The van der Waals surface area contributed by atoms with Crippen molar-refractivity contribution in [2.75, 3.05) is 18.2 Å². The van der Waals surface area contributed by atoms with E-state index in [1.54, 1.807) is 24.3 Å². The lowest BCUT2D eigenvalue weighted by molar-refractivity contribution is 0.0602. The Labute approximate surface area is 105 Å². The Bertz CT molecular complexity index is 550. The van der Waals surface area contributed by atoms with Crippen LogP contribution in [0, 0.1) is 0 Å². The molecule has 2 rings (SSSR count). The molecule has 4 heteroatoms. The first kappa shape index (κ1) is 12.0. The Morgan fingerprint density at radius 2 is 1.78 bits per heavy atom. The minimum Gasteiger partial charge on any atom is -0.465 e. The number of rotatable bonds is 3. The number of anilines is 3. The van der Waals surface area contributed by atoms with Gasteiger partial charge in [-0.25, -0.2) is 4.79 Å². The first-order chi connectivity index (χ1) is 8.70. The number of nitrogens with two attached hydrogens (primary N) is 1. The van der Waals surface area contributed by atoms with Crippen LogP contribution >= 0.6 is 0 Å². The quantitative estimate of drug-likeness (QED) is 0.641. The molecule has 0 saturated heterocycles. The predicted octanol–water partition coefficient (Wildman–Crippen LogP) is 2.80. The van der Waals surface area contributed by atoms with Crippen LogP contribution in [-0.4, -0.2) is 13.1 Å². The molecule has 0 saturated carbocycles. The Kier molecular flexibility index (Phi) is 3.48. The van der Waals surface area contributed by atoms with Crippen molar-refractivity contribution in [1.29, 1.82) is 0 Å². The molecule has 0 radical (unpaired) electrons. The van der Waals surface area contributed by atoms with Crippen molar-refractivity contribution in [3.8, 4) is 0 Å². The number of carbonyl (C=O) groups excluding carboxylic acids is 1.